The van der Waals surface area contributed by atoms with E-state index in [2.05, 4.69) is 12.2 Å². The number of nitrogens with one attached hydrogen (secondary N) is 1. The molecule has 1 aromatic rings. The quantitative estimate of drug-likeness (QED) is 0.841. The van der Waals surface area contributed by atoms with Gasteiger partial charge in [-0.2, -0.15) is 0 Å². The van der Waals surface area contributed by atoms with Crippen molar-refractivity contribution in [3.05, 3.63) is 34.9 Å². The van der Waals surface area contributed by atoms with E-state index in [1.54, 1.807) is 6.92 Å². The summed E-state index contributed by atoms with van der Waals surface area (Å²) in [5.74, 6) is -0.0686. The summed E-state index contributed by atoms with van der Waals surface area (Å²) in [6, 6.07) is 6.12. The Morgan fingerprint density at radius 3 is 2.58 bits per heavy atom. The number of hydrogen-bond donors (Lipinski definition) is 1. The lowest BCUT2D eigenvalue weighted by atomic mass is 9.86. The van der Waals surface area contributed by atoms with Crippen molar-refractivity contribution < 1.29 is 14.3 Å². The van der Waals surface area contributed by atoms with Gasteiger partial charge in [-0.15, -0.1) is 0 Å². The molecule has 0 radical (unpaired) electrons. The van der Waals surface area contributed by atoms with Crippen molar-refractivity contribution in [2.24, 2.45) is 5.92 Å². The minimum atomic E-state index is -0.752. The molecule has 0 aliphatic heterocycles. The smallest absolute Gasteiger partial charge is 0.311 e. The highest BCUT2D eigenvalue weighted by Crippen LogP contribution is 2.23. The zero-order chi connectivity index (χ0) is 17.7. The Hall–Kier alpha value is -1.84. The van der Waals surface area contributed by atoms with Crippen LogP contribution in [0.4, 0.5) is 0 Å². The Morgan fingerprint density at radius 2 is 1.92 bits per heavy atom. The molecule has 24 heavy (non-hydrogen) atoms. The van der Waals surface area contributed by atoms with Crippen LogP contribution in [0.25, 0.3) is 0 Å². The number of ether oxygens (including phenoxy) is 1. The molecule has 0 heterocycles. The Morgan fingerprint density at radius 1 is 1.21 bits per heavy atom. The van der Waals surface area contributed by atoms with Crippen LogP contribution in [0.1, 0.15) is 56.2 Å². The van der Waals surface area contributed by atoms with Crippen LogP contribution in [0.3, 0.4) is 0 Å². The van der Waals surface area contributed by atoms with Gasteiger partial charge in [0.15, 0.2) is 6.10 Å². The summed E-state index contributed by atoms with van der Waals surface area (Å²) in [7, 11) is 0. The van der Waals surface area contributed by atoms with E-state index in [1.807, 2.05) is 32.0 Å². The number of hydrogen-bond acceptors (Lipinski definition) is 3. The maximum Gasteiger partial charge on any atom is 0.311 e. The summed E-state index contributed by atoms with van der Waals surface area (Å²) in [6.07, 6.45) is 3.98. The number of benzene rings is 1. The first kappa shape index (κ1) is 18.5. The molecule has 1 saturated carbocycles. The molecule has 0 bridgehead atoms. The van der Waals surface area contributed by atoms with Crippen molar-refractivity contribution >= 4 is 11.9 Å². The van der Waals surface area contributed by atoms with Gasteiger partial charge < -0.3 is 10.1 Å². The first-order valence-electron chi connectivity index (χ1n) is 8.93. The van der Waals surface area contributed by atoms with Gasteiger partial charge in [-0.25, -0.2) is 0 Å². The first-order chi connectivity index (χ1) is 11.4. The third-order valence-electron chi connectivity index (χ3n) is 5.04. The predicted molar refractivity (Wildman–Crippen MR) is 94.7 cm³/mol. The van der Waals surface area contributed by atoms with Crippen LogP contribution in [-0.2, 0) is 20.7 Å². The third-order valence-corrected chi connectivity index (χ3v) is 5.04. The minimum absolute atomic E-state index is 0.192. The van der Waals surface area contributed by atoms with Crippen molar-refractivity contribution in [2.45, 2.75) is 71.9 Å². The lowest BCUT2D eigenvalue weighted by molar-refractivity contribution is -0.154. The van der Waals surface area contributed by atoms with E-state index in [9.17, 15) is 9.59 Å². The van der Waals surface area contributed by atoms with E-state index in [0.29, 0.717) is 5.92 Å². The first-order valence-corrected chi connectivity index (χ1v) is 8.93. The Labute approximate surface area is 145 Å². The Bertz CT molecular complexity index is 597. The second kappa shape index (κ2) is 8.32. The van der Waals surface area contributed by atoms with Crippen LogP contribution in [0.2, 0.25) is 0 Å². The van der Waals surface area contributed by atoms with Gasteiger partial charge in [0.25, 0.3) is 5.91 Å². The van der Waals surface area contributed by atoms with Crippen LogP contribution >= 0.6 is 0 Å². The molecule has 4 nitrogen and oxygen atoms in total. The van der Waals surface area contributed by atoms with Gasteiger partial charge in [0.1, 0.15) is 0 Å². The van der Waals surface area contributed by atoms with Gasteiger partial charge in [-0.3, -0.25) is 9.59 Å². The summed E-state index contributed by atoms with van der Waals surface area (Å²) in [6.45, 7) is 7.86. The van der Waals surface area contributed by atoms with E-state index in [4.69, 9.17) is 4.74 Å². The van der Waals surface area contributed by atoms with Crippen molar-refractivity contribution in [3.8, 4) is 0 Å². The summed E-state index contributed by atoms with van der Waals surface area (Å²) in [5.41, 5.74) is 3.26. The van der Waals surface area contributed by atoms with Crippen LogP contribution in [0, 0.1) is 19.8 Å². The van der Waals surface area contributed by atoms with E-state index in [0.717, 1.165) is 30.4 Å². The number of carbonyl (C=O) groups excluding carboxylic acids is 2. The lowest BCUT2D eigenvalue weighted by Crippen LogP contribution is -2.46. The number of carbonyl (C=O) groups is 2. The second-order valence-corrected chi connectivity index (χ2v) is 7.10. The number of amides is 1. The molecule has 3 atom stereocenters. The number of esters is 1. The molecule has 1 aliphatic rings. The van der Waals surface area contributed by atoms with Gasteiger partial charge in [0.05, 0.1) is 6.42 Å². The molecule has 1 aliphatic carbocycles. The molecule has 0 aromatic heterocycles. The highest BCUT2D eigenvalue weighted by atomic mass is 16.5. The lowest BCUT2D eigenvalue weighted by Gasteiger charge is -2.30. The van der Waals surface area contributed by atoms with E-state index in [-0.39, 0.29) is 24.3 Å². The monoisotopic (exact) mass is 331 g/mol. The van der Waals surface area contributed by atoms with Crippen molar-refractivity contribution in [3.63, 3.8) is 0 Å². The average molecular weight is 331 g/mol. The fraction of sp³-hybridized carbons (Fsp3) is 0.600. The van der Waals surface area contributed by atoms with E-state index >= 15 is 0 Å². The van der Waals surface area contributed by atoms with Crippen LogP contribution in [-0.4, -0.2) is 24.0 Å². The molecule has 1 N–H and O–H groups in total. The normalized spacial score (nSPS) is 21.8. The summed E-state index contributed by atoms with van der Waals surface area (Å²) in [5, 5.41) is 3.04. The fourth-order valence-electron chi connectivity index (χ4n) is 3.20. The maximum absolute atomic E-state index is 12.3. The highest BCUT2D eigenvalue weighted by molar-refractivity contribution is 5.84. The summed E-state index contributed by atoms with van der Waals surface area (Å²) in [4.78, 5) is 24.3. The zero-order valence-electron chi connectivity index (χ0n) is 15.2. The highest BCUT2D eigenvalue weighted by Gasteiger charge is 2.26. The Balaban J connectivity index is 1.83. The molecule has 0 spiro atoms. The maximum atomic E-state index is 12.3. The van der Waals surface area contributed by atoms with Crippen LogP contribution < -0.4 is 5.32 Å². The van der Waals surface area contributed by atoms with E-state index < -0.39 is 6.10 Å². The molecule has 1 fully saturated rings. The summed E-state index contributed by atoms with van der Waals surface area (Å²) < 4.78 is 5.31. The molecular formula is C20H29NO3. The molecule has 1 aromatic carbocycles. The van der Waals surface area contributed by atoms with Crippen molar-refractivity contribution in [2.75, 3.05) is 0 Å². The molecule has 0 unspecified atom stereocenters. The average Bonchev–Trinajstić information content (AvgIpc) is 2.53. The zero-order valence-corrected chi connectivity index (χ0v) is 15.2. The van der Waals surface area contributed by atoms with Crippen molar-refractivity contribution in [1.82, 2.24) is 5.32 Å². The minimum Gasteiger partial charge on any atom is -0.452 e. The molecule has 4 heteroatoms. The SMILES string of the molecule is Cc1ccc(CC(=O)O[C@@H](C)C(=O)N[C@H]2CCCC[C@@H]2C)cc1C. The predicted octanol–water partition coefficient (Wildman–Crippen LogP) is 3.47. The topological polar surface area (TPSA) is 55.4 Å². The third kappa shape index (κ3) is 5.08. The van der Waals surface area contributed by atoms with Gasteiger partial charge in [-0.1, -0.05) is 38.0 Å². The van der Waals surface area contributed by atoms with Crippen LogP contribution in [0.5, 0.6) is 0 Å². The summed E-state index contributed by atoms with van der Waals surface area (Å²) >= 11 is 0. The Kier molecular flexibility index (Phi) is 6.41. The van der Waals surface area contributed by atoms with Crippen molar-refractivity contribution in [1.29, 1.82) is 0 Å². The molecular weight excluding hydrogens is 302 g/mol. The molecule has 1 amide bonds. The standard InChI is InChI=1S/C20H29NO3/c1-13-9-10-17(11-15(13)3)12-19(22)24-16(4)20(23)21-18-8-6-5-7-14(18)2/h9-11,14,16,18H,5-8,12H2,1-4H3,(H,21,23)/t14-,16-,18-/m0/s1. The largest absolute Gasteiger partial charge is 0.452 e. The molecule has 0 saturated heterocycles. The second-order valence-electron chi connectivity index (χ2n) is 7.10. The number of rotatable bonds is 5. The van der Waals surface area contributed by atoms with E-state index in [1.165, 1.54) is 12.0 Å². The molecule has 2 rings (SSSR count). The molecule has 132 valence electrons. The van der Waals surface area contributed by atoms with Gasteiger partial charge in [0.2, 0.25) is 0 Å². The van der Waals surface area contributed by atoms with Gasteiger partial charge in [-0.05, 0) is 56.2 Å². The van der Waals surface area contributed by atoms with Gasteiger partial charge in [0, 0.05) is 6.04 Å². The van der Waals surface area contributed by atoms with Crippen LogP contribution in [0.15, 0.2) is 18.2 Å². The fourth-order valence-corrected chi connectivity index (χ4v) is 3.20. The van der Waals surface area contributed by atoms with Gasteiger partial charge >= 0.3 is 5.97 Å². The number of aryl methyl sites for hydroxylation is 2.